The van der Waals surface area contributed by atoms with Crippen LogP contribution in [0.3, 0.4) is 0 Å². The lowest BCUT2D eigenvalue weighted by molar-refractivity contribution is 0.423. The van der Waals surface area contributed by atoms with Gasteiger partial charge in [-0.25, -0.2) is 0 Å². The topological polar surface area (TPSA) is 133 Å². The van der Waals surface area contributed by atoms with E-state index in [0.29, 0.717) is 28.2 Å². The van der Waals surface area contributed by atoms with E-state index in [-0.39, 0.29) is 11.1 Å². The van der Waals surface area contributed by atoms with Gasteiger partial charge in [0.15, 0.2) is 0 Å². The van der Waals surface area contributed by atoms with Crippen LogP contribution in [0.2, 0.25) is 0 Å². The number of hydrogen-bond acceptors (Lipinski definition) is 6. The van der Waals surface area contributed by atoms with Crippen molar-refractivity contribution in [1.29, 1.82) is 0 Å². The normalized spacial score (nSPS) is 14.3. The van der Waals surface area contributed by atoms with E-state index in [1.165, 1.54) is 12.1 Å². The molecule has 0 unspecified atom stereocenters. The number of hydrogen-bond donors (Lipinski definition) is 4. The van der Waals surface area contributed by atoms with Crippen LogP contribution in [-0.2, 0) is 24.3 Å². The van der Waals surface area contributed by atoms with Gasteiger partial charge in [0.25, 0.3) is 24.3 Å². The molecule has 0 saturated carbocycles. The molecule has 0 amide bonds. The number of rotatable bonds is 7. The SMILES string of the molecule is O=S(=O)(O)C1(S(=O)(=O)O)CC=Cc2c1cc(Nc1ccccc1)c(Nc1ccccc1)c2-c1cccc2ccccc12. The highest BCUT2D eigenvalue weighted by Gasteiger charge is 2.58. The fourth-order valence-corrected chi connectivity index (χ4v) is 8.12. The highest BCUT2D eigenvalue weighted by atomic mass is 32.3. The molecule has 212 valence electrons. The van der Waals surface area contributed by atoms with Crippen LogP contribution in [0.5, 0.6) is 0 Å². The fraction of sp³-hybridized carbons (Fsp3) is 0.0625. The first-order chi connectivity index (χ1) is 20.1. The molecule has 0 atom stereocenters. The Bertz CT molecular complexity index is 2020. The maximum atomic E-state index is 13.0. The maximum absolute atomic E-state index is 13.0. The highest BCUT2D eigenvalue weighted by Crippen LogP contribution is 2.52. The summed E-state index contributed by atoms with van der Waals surface area (Å²) in [6.07, 6.45) is 2.29. The van der Waals surface area contributed by atoms with E-state index in [1.807, 2.05) is 103 Å². The minimum absolute atomic E-state index is 0.227. The van der Waals surface area contributed by atoms with Gasteiger partial charge >= 0.3 is 0 Å². The van der Waals surface area contributed by atoms with Crippen LogP contribution in [0.1, 0.15) is 17.5 Å². The van der Waals surface area contributed by atoms with Crippen molar-refractivity contribution in [3.05, 3.63) is 126 Å². The summed E-state index contributed by atoms with van der Waals surface area (Å²) in [7, 11) is -10.8. The minimum atomic E-state index is -5.40. The van der Waals surface area contributed by atoms with Gasteiger partial charge in [-0.05, 0) is 52.2 Å². The van der Waals surface area contributed by atoms with Gasteiger partial charge in [0.1, 0.15) is 0 Å². The minimum Gasteiger partial charge on any atom is -0.354 e. The smallest absolute Gasteiger partial charge is 0.292 e. The second-order valence-electron chi connectivity index (χ2n) is 9.95. The number of fused-ring (bicyclic) bond motifs is 2. The Hall–Kier alpha value is -4.48. The summed E-state index contributed by atoms with van der Waals surface area (Å²) in [5.74, 6) is 0. The summed E-state index contributed by atoms with van der Waals surface area (Å²) in [4.78, 5) is 0. The van der Waals surface area contributed by atoms with E-state index in [2.05, 4.69) is 10.6 Å². The molecule has 10 heteroatoms. The Balaban J connectivity index is 1.79. The largest absolute Gasteiger partial charge is 0.354 e. The van der Waals surface area contributed by atoms with Crippen molar-refractivity contribution in [2.24, 2.45) is 0 Å². The Morgan fingerprint density at radius 2 is 1.24 bits per heavy atom. The first-order valence-corrected chi connectivity index (χ1v) is 15.9. The van der Waals surface area contributed by atoms with Crippen LogP contribution in [0.15, 0.2) is 115 Å². The Morgan fingerprint density at radius 3 is 1.88 bits per heavy atom. The van der Waals surface area contributed by atoms with Crippen LogP contribution < -0.4 is 10.6 Å². The van der Waals surface area contributed by atoms with E-state index >= 15 is 0 Å². The monoisotopic (exact) mass is 598 g/mol. The van der Waals surface area contributed by atoms with Crippen molar-refractivity contribution < 1.29 is 25.9 Å². The van der Waals surface area contributed by atoms with Gasteiger partial charge in [-0.3, -0.25) is 9.11 Å². The van der Waals surface area contributed by atoms with E-state index in [1.54, 1.807) is 6.08 Å². The zero-order valence-electron chi connectivity index (χ0n) is 22.1. The molecule has 0 spiro atoms. The Labute approximate surface area is 243 Å². The fourth-order valence-electron chi connectivity index (χ4n) is 5.54. The average molecular weight is 599 g/mol. The molecule has 0 fully saturated rings. The van der Waals surface area contributed by atoms with Crippen LogP contribution in [0.25, 0.3) is 28.0 Å². The van der Waals surface area contributed by atoms with Gasteiger partial charge in [-0.1, -0.05) is 91.0 Å². The number of nitrogens with one attached hydrogen (secondary N) is 2. The molecule has 6 rings (SSSR count). The zero-order valence-corrected chi connectivity index (χ0v) is 23.7. The molecule has 42 heavy (non-hydrogen) atoms. The van der Waals surface area contributed by atoms with Gasteiger partial charge in [0.2, 0.25) is 0 Å². The molecule has 5 aromatic rings. The van der Waals surface area contributed by atoms with Crippen LogP contribution in [-0.4, -0.2) is 25.9 Å². The second-order valence-corrected chi connectivity index (χ2v) is 13.5. The summed E-state index contributed by atoms with van der Waals surface area (Å²) >= 11 is 0. The molecular weight excluding hydrogens is 572 g/mol. The van der Waals surface area contributed by atoms with Crippen LogP contribution in [0.4, 0.5) is 22.7 Å². The van der Waals surface area contributed by atoms with Crippen molar-refractivity contribution in [2.45, 2.75) is 10.5 Å². The lowest BCUT2D eigenvalue weighted by Crippen LogP contribution is -2.44. The third kappa shape index (κ3) is 4.64. The standard InChI is InChI=1S/C32H26N2O6S2/c35-41(36,37)32(42(38,39)40)20-10-19-27-28(32)21-29(33-23-13-3-1-4-14-23)31(34-24-15-5-2-6-16-24)30(27)26-18-9-12-22-11-7-8-17-25(22)26/h1-19,21,33-34H,20H2,(H,35,36,37)(H,38,39,40). The number of allylic oxidation sites excluding steroid dienone is 1. The molecule has 0 saturated heterocycles. The molecule has 8 nitrogen and oxygen atoms in total. The molecule has 1 aliphatic carbocycles. The van der Waals surface area contributed by atoms with Crippen molar-refractivity contribution in [3.63, 3.8) is 0 Å². The molecule has 1 aliphatic rings. The molecule has 0 aromatic heterocycles. The molecule has 0 bridgehead atoms. The van der Waals surface area contributed by atoms with E-state index in [4.69, 9.17) is 0 Å². The summed E-state index contributed by atoms with van der Waals surface area (Å²) in [5, 5.41) is 8.50. The van der Waals surface area contributed by atoms with Crippen molar-refractivity contribution >= 4 is 59.8 Å². The quantitative estimate of drug-likeness (QED) is 0.143. The third-order valence-electron chi connectivity index (χ3n) is 7.44. The van der Waals surface area contributed by atoms with Crippen LogP contribution >= 0.6 is 0 Å². The first kappa shape index (κ1) is 27.7. The summed E-state index contributed by atoms with van der Waals surface area (Å²) in [5.41, 5.74) is 3.37. The number of para-hydroxylation sites is 2. The number of benzene rings is 5. The van der Waals surface area contributed by atoms with Gasteiger partial charge in [-0.2, -0.15) is 16.8 Å². The lowest BCUT2D eigenvalue weighted by Gasteiger charge is -2.34. The molecule has 5 aromatic carbocycles. The van der Waals surface area contributed by atoms with E-state index in [9.17, 15) is 25.9 Å². The zero-order chi connectivity index (χ0) is 29.5. The van der Waals surface area contributed by atoms with Gasteiger partial charge in [0.05, 0.1) is 11.4 Å². The molecule has 0 heterocycles. The third-order valence-corrected chi connectivity index (χ3v) is 11.1. The highest BCUT2D eigenvalue weighted by molar-refractivity contribution is 8.04. The molecule has 4 N–H and O–H groups in total. The van der Waals surface area contributed by atoms with E-state index in [0.717, 1.165) is 16.5 Å². The van der Waals surface area contributed by atoms with Gasteiger partial charge in [0, 0.05) is 28.9 Å². The predicted octanol–water partition coefficient (Wildman–Crippen LogP) is 7.34. The van der Waals surface area contributed by atoms with Gasteiger partial charge in [-0.15, -0.1) is 0 Å². The van der Waals surface area contributed by atoms with Gasteiger partial charge < -0.3 is 10.6 Å². The lowest BCUT2D eigenvalue weighted by atomic mass is 9.85. The number of anilines is 4. The summed E-state index contributed by atoms with van der Waals surface area (Å²) in [6, 6.07) is 33.1. The Morgan fingerprint density at radius 1 is 0.667 bits per heavy atom. The van der Waals surface area contributed by atoms with Crippen LogP contribution in [0, 0.1) is 0 Å². The van der Waals surface area contributed by atoms with Crippen molar-refractivity contribution in [3.8, 4) is 11.1 Å². The second kappa shape index (κ2) is 10.4. The predicted molar refractivity (Wildman–Crippen MR) is 167 cm³/mol. The van der Waals surface area contributed by atoms with Crippen molar-refractivity contribution in [1.82, 2.24) is 0 Å². The first-order valence-electron chi connectivity index (χ1n) is 13.0. The molecule has 0 aliphatic heterocycles. The van der Waals surface area contributed by atoms with Crippen molar-refractivity contribution in [2.75, 3.05) is 10.6 Å². The summed E-state index contributed by atoms with van der Waals surface area (Å²) < 4.78 is 69.8. The summed E-state index contributed by atoms with van der Waals surface area (Å²) in [6.45, 7) is 0. The average Bonchev–Trinajstić information content (AvgIpc) is 2.97. The molecule has 0 radical (unpaired) electrons. The Kier molecular flexibility index (Phi) is 6.86. The molecular formula is C32H26N2O6S2. The van der Waals surface area contributed by atoms with E-state index < -0.39 is 30.7 Å². The maximum Gasteiger partial charge on any atom is 0.292 e.